The first kappa shape index (κ1) is 30.1. The molecule has 0 spiro atoms. The smallest absolute Gasteiger partial charge is 0.134 e. The van der Waals surface area contributed by atoms with Crippen molar-refractivity contribution in [1.29, 1.82) is 0 Å². The van der Waals surface area contributed by atoms with Crippen molar-refractivity contribution in [1.82, 2.24) is 5.32 Å². The van der Waals surface area contributed by atoms with Gasteiger partial charge in [0.25, 0.3) is 0 Å². The Hall–Kier alpha value is -6.77. The summed E-state index contributed by atoms with van der Waals surface area (Å²) >= 11 is 0. The van der Waals surface area contributed by atoms with Crippen LogP contribution in [0.15, 0.2) is 199 Å². The summed E-state index contributed by atoms with van der Waals surface area (Å²) in [5, 5.41) is 13.8. The van der Waals surface area contributed by atoms with E-state index in [1.165, 1.54) is 70.9 Å². The molecule has 0 saturated heterocycles. The molecule has 10 rings (SSSR count). The summed E-state index contributed by atoms with van der Waals surface area (Å²) in [6.07, 6.45) is 2.25. The van der Waals surface area contributed by atoms with Gasteiger partial charge in [-0.1, -0.05) is 176 Å². The minimum absolute atomic E-state index is 0.0279. The molecule has 0 amide bonds. The normalized spacial score (nSPS) is 14.3. The Morgan fingerprint density at radius 2 is 1.02 bits per heavy atom. The fraction of sp³-hybridized carbons (Fsp3) is 0.0200. The van der Waals surface area contributed by atoms with Crippen LogP contribution in [-0.4, -0.2) is 5.84 Å². The summed E-state index contributed by atoms with van der Waals surface area (Å²) in [5.41, 5.74) is 9.16. The van der Waals surface area contributed by atoms with Crippen LogP contribution in [0.1, 0.15) is 22.7 Å². The minimum atomic E-state index is -0.0279. The van der Waals surface area contributed by atoms with Gasteiger partial charge in [-0.2, -0.15) is 0 Å². The molecule has 52 heavy (non-hydrogen) atoms. The quantitative estimate of drug-likeness (QED) is 0.144. The molecule has 0 aromatic heterocycles. The van der Waals surface area contributed by atoms with Crippen LogP contribution < -0.4 is 5.32 Å². The summed E-state index contributed by atoms with van der Waals surface area (Å²) in [5.74, 6) is 0.863. The van der Waals surface area contributed by atoms with Gasteiger partial charge in [-0.25, -0.2) is 4.99 Å². The number of nitrogens with one attached hydrogen (secondary N) is 1. The number of rotatable bonds is 5. The maximum Gasteiger partial charge on any atom is 0.134 e. The number of benzene rings is 9. The van der Waals surface area contributed by atoms with Crippen molar-refractivity contribution < 1.29 is 0 Å². The third-order valence-corrected chi connectivity index (χ3v) is 10.5. The lowest BCUT2D eigenvalue weighted by Crippen LogP contribution is -2.31. The zero-order chi connectivity index (χ0) is 34.4. The van der Waals surface area contributed by atoms with Gasteiger partial charge < -0.3 is 5.32 Å². The van der Waals surface area contributed by atoms with E-state index in [0.29, 0.717) is 0 Å². The summed E-state index contributed by atoms with van der Waals surface area (Å²) in [7, 11) is 0. The Kier molecular flexibility index (Phi) is 7.25. The highest BCUT2D eigenvalue weighted by Gasteiger charge is 2.21. The number of fused-ring (bicyclic) bond motifs is 5. The number of nitrogens with zero attached hydrogens (tertiary/aromatic N) is 1. The maximum absolute atomic E-state index is 5.30. The summed E-state index contributed by atoms with van der Waals surface area (Å²) < 4.78 is 0. The highest BCUT2D eigenvalue weighted by molar-refractivity contribution is 6.20. The van der Waals surface area contributed by atoms with E-state index in [2.05, 4.69) is 199 Å². The van der Waals surface area contributed by atoms with E-state index in [0.717, 1.165) is 22.7 Å². The van der Waals surface area contributed by atoms with Gasteiger partial charge in [0.2, 0.25) is 0 Å². The van der Waals surface area contributed by atoms with Crippen molar-refractivity contribution in [2.75, 3.05) is 0 Å². The Morgan fingerprint density at radius 3 is 1.85 bits per heavy atom. The van der Waals surface area contributed by atoms with Gasteiger partial charge in [-0.15, -0.1) is 0 Å². The van der Waals surface area contributed by atoms with Crippen LogP contribution in [0.5, 0.6) is 0 Å². The third kappa shape index (κ3) is 5.25. The van der Waals surface area contributed by atoms with Crippen molar-refractivity contribution in [3.63, 3.8) is 0 Å². The predicted molar refractivity (Wildman–Crippen MR) is 221 cm³/mol. The Labute approximate surface area is 303 Å². The zero-order valence-electron chi connectivity index (χ0n) is 28.5. The van der Waals surface area contributed by atoms with E-state index in [1.54, 1.807) is 0 Å². The van der Waals surface area contributed by atoms with Crippen molar-refractivity contribution in [3.05, 3.63) is 211 Å². The molecule has 0 bridgehead atoms. The zero-order valence-corrected chi connectivity index (χ0v) is 28.5. The van der Waals surface area contributed by atoms with Gasteiger partial charge in [0.15, 0.2) is 0 Å². The second-order valence-electron chi connectivity index (χ2n) is 13.6. The molecule has 1 N–H and O–H groups in total. The van der Waals surface area contributed by atoms with E-state index in [-0.39, 0.29) is 6.04 Å². The van der Waals surface area contributed by atoms with E-state index in [1.807, 2.05) is 0 Å². The fourth-order valence-corrected chi connectivity index (χ4v) is 7.93. The van der Waals surface area contributed by atoms with Gasteiger partial charge in [0, 0.05) is 11.1 Å². The van der Waals surface area contributed by atoms with Crippen molar-refractivity contribution in [3.8, 4) is 22.3 Å². The molecule has 1 unspecified atom stereocenters. The van der Waals surface area contributed by atoms with Crippen LogP contribution in [0, 0.1) is 0 Å². The van der Waals surface area contributed by atoms with Crippen LogP contribution in [0.25, 0.3) is 71.0 Å². The van der Waals surface area contributed by atoms with E-state index >= 15 is 0 Å². The molecule has 1 heterocycles. The van der Waals surface area contributed by atoms with E-state index in [9.17, 15) is 0 Å². The average Bonchev–Trinajstić information content (AvgIpc) is 3.23. The molecule has 1 atom stereocenters. The van der Waals surface area contributed by atoms with E-state index in [4.69, 9.17) is 4.99 Å². The monoisotopic (exact) mass is 662 g/mol. The van der Waals surface area contributed by atoms with Crippen molar-refractivity contribution >= 4 is 54.6 Å². The molecule has 1 aliphatic heterocycles. The van der Waals surface area contributed by atoms with Crippen molar-refractivity contribution in [2.45, 2.75) is 6.04 Å². The van der Waals surface area contributed by atoms with Gasteiger partial charge in [0.05, 0.1) is 11.7 Å². The highest BCUT2D eigenvalue weighted by atomic mass is 15.0. The average molecular weight is 663 g/mol. The molecule has 9 aromatic rings. The van der Waals surface area contributed by atoms with E-state index < -0.39 is 0 Å². The standard InChI is InChI=1S/C50H34N2/c1-2-14-35(15-3-1)47-32-48(40-19-10-18-38(30-40)43-23-11-17-33-12-4-7-20-41(33)43)52-50(51-47)37-26-24-36(25-27-37)49-44-22-9-6-16-39(44)31-46-42-21-8-5-13-34(42)28-29-45(46)49/h1-32,47H,(H,51,52). The lowest BCUT2D eigenvalue weighted by molar-refractivity contribution is 0.781. The first-order valence-electron chi connectivity index (χ1n) is 17.9. The molecule has 2 nitrogen and oxygen atoms in total. The number of amidine groups is 1. The minimum Gasteiger partial charge on any atom is -0.359 e. The van der Waals surface area contributed by atoms with Gasteiger partial charge in [-0.05, 0) is 89.1 Å². The Bertz CT molecular complexity index is 2860. The van der Waals surface area contributed by atoms with Gasteiger partial charge in [-0.3, -0.25) is 0 Å². The first-order chi connectivity index (χ1) is 25.8. The molecule has 0 radical (unpaired) electrons. The van der Waals surface area contributed by atoms with Crippen LogP contribution in [0.3, 0.4) is 0 Å². The predicted octanol–water partition coefficient (Wildman–Crippen LogP) is 12.8. The summed E-state index contributed by atoms with van der Waals surface area (Å²) in [6, 6.07) is 67.8. The molecule has 0 aliphatic carbocycles. The van der Waals surface area contributed by atoms with Gasteiger partial charge >= 0.3 is 0 Å². The van der Waals surface area contributed by atoms with Crippen LogP contribution in [-0.2, 0) is 0 Å². The third-order valence-electron chi connectivity index (χ3n) is 10.5. The number of hydrogen-bond acceptors (Lipinski definition) is 2. The molecule has 244 valence electrons. The largest absolute Gasteiger partial charge is 0.359 e. The first-order valence-corrected chi connectivity index (χ1v) is 17.9. The number of aliphatic imine (C=N–C) groups is 1. The highest BCUT2D eigenvalue weighted by Crippen LogP contribution is 2.40. The molecule has 1 aliphatic rings. The fourth-order valence-electron chi connectivity index (χ4n) is 7.93. The Balaban J connectivity index is 1.08. The second kappa shape index (κ2) is 12.5. The Morgan fingerprint density at radius 1 is 0.385 bits per heavy atom. The summed E-state index contributed by atoms with van der Waals surface area (Å²) in [4.78, 5) is 5.30. The molecular formula is C50H34N2. The SMILES string of the molecule is C1=C(c2cccc(-c3cccc4ccccc34)c2)N=C(c2ccc(-c3c4ccccc4cc4c3ccc3ccccc34)cc2)NC1c1ccccc1. The second-order valence-corrected chi connectivity index (χ2v) is 13.6. The van der Waals surface area contributed by atoms with Crippen molar-refractivity contribution in [2.24, 2.45) is 4.99 Å². The number of hydrogen-bond donors (Lipinski definition) is 1. The van der Waals surface area contributed by atoms with Crippen LogP contribution in [0.4, 0.5) is 0 Å². The van der Waals surface area contributed by atoms with Gasteiger partial charge in [0.1, 0.15) is 5.84 Å². The molecular weight excluding hydrogens is 629 g/mol. The topological polar surface area (TPSA) is 24.4 Å². The molecule has 0 saturated carbocycles. The lowest BCUT2D eigenvalue weighted by atomic mass is 9.89. The molecule has 2 heteroatoms. The summed E-state index contributed by atoms with van der Waals surface area (Å²) in [6.45, 7) is 0. The lowest BCUT2D eigenvalue weighted by Gasteiger charge is -2.25. The van der Waals surface area contributed by atoms with Crippen LogP contribution >= 0.6 is 0 Å². The van der Waals surface area contributed by atoms with Crippen LogP contribution in [0.2, 0.25) is 0 Å². The maximum atomic E-state index is 5.30. The molecule has 9 aromatic carbocycles. The molecule has 0 fully saturated rings.